The third-order valence-corrected chi connectivity index (χ3v) is 4.02. The number of pyridine rings is 1. The molecule has 0 aliphatic rings. The number of H-pyrrole nitrogens is 1. The minimum atomic E-state index is -0.483. The number of aromatic hydroxyl groups is 1. The van der Waals surface area contributed by atoms with Gasteiger partial charge in [-0.1, -0.05) is 12.1 Å². The predicted octanol–water partition coefficient (Wildman–Crippen LogP) is 3.30. The molecular weight excluding hydrogens is 332 g/mol. The molecule has 26 heavy (non-hydrogen) atoms. The van der Waals surface area contributed by atoms with E-state index in [0.29, 0.717) is 33.9 Å². The van der Waals surface area contributed by atoms with Crippen LogP contribution in [0.5, 0.6) is 17.2 Å². The Morgan fingerprint density at radius 1 is 0.962 bits per heavy atom. The Hall–Kier alpha value is -3.72. The van der Waals surface area contributed by atoms with Crippen LogP contribution in [-0.4, -0.2) is 24.3 Å². The first kappa shape index (κ1) is 17.1. The Labute approximate surface area is 149 Å². The van der Waals surface area contributed by atoms with E-state index in [1.54, 1.807) is 43.5 Å². The van der Waals surface area contributed by atoms with E-state index in [1.807, 2.05) is 6.07 Å². The number of aromatic nitrogens is 1. The van der Waals surface area contributed by atoms with E-state index in [0.717, 1.165) is 0 Å². The summed E-state index contributed by atoms with van der Waals surface area (Å²) in [5.41, 5.74) is 1.93. The van der Waals surface area contributed by atoms with Gasteiger partial charge in [0.1, 0.15) is 17.4 Å². The van der Waals surface area contributed by atoms with Crippen LogP contribution in [0.1, 0.15) is 5.56 Å². The van der Waals surface area contributed by atoms with Crippen LogP contribution in [-0.2, 0) is 0 Å². The van der Waals surface area contributed by atoms with Gasteiger partial charge in [-0.25, -0.2) is 0 Å². The number of phenolic OH excluding ortho intramolecular Hbond substituents is 1. The fourth-order valence-electron chi connectivity index (χ4n) is 2.70. The molecule has 0 unspecified atom stereocenters. The molecule has 6 nitrogen and oxygen atoms in total. The van der Waals surface area contributed by atoms with Gasteiger partial charge in [0.15, 0.2) is 11.5 Å². The minimum absolute atomic E-state index is 0.0138. The van der Waals surface area contributed by atoms with Crippen molar-refractivity contribution < 1.29 is 14.6 Å². The number of nitrogens with zero attached hydrogens (tertiary/aromatic N) is 1. The van der Waals surface area contributed by atoms with Crippen molar-refractivity contribution in [2.45, 2.75) is 0 Å². The molecule has 3 aromatic rings. The number of rotatable bonds is 4. The number of methoxy groups -OCH3 is 2. The summed E-state index contributed by atoms with van der Waals surface area (Å²) < 4.78 is 10.5. The van der Waals surface area contributed by atoms with Gasteiger partial charge in [-0.15, -0.1) is 0 Å². The number of nitriles is 1. The van der Waals surface area contributed by atoms with Crippen molar-refractivity contribution in [3.05, 3.63) is 64.4 Å². The fraction of sp³-hybridized carbons (Fsp3) is 0.100. The molecule has 1 heterocycles. The van der Waals surface area contributed by atoms with Crippen LogP contribution >= 0.6 is 0 Å². The van der Waals surface area contributed by atoms with Crippen LogP contribution in [0.4, 0.5) is 0 Å². The fourth-order valence-corrected chi connectivity index (χ4v) is 2.70. The smallest absolute Gasteiger partial charge is 0.266 e. The summed E-state index contributed by atoms with van der Waals surface area (Å²) in [5.74, 6) is 1.21. The largest absolute Gasteiger partial charge is 0.508 e. The van der Waals surface area contributed by atoms with Crippen LogP contribution in [0, 0.1) is 11.3 Å². The molecule has 6 heteroatoms. The highest BCUT2D eigenvalue weighted by Crippen LogP contribution is 2.33. The highest BCUT2D eigenvalue weighted by Gasteiger charge is 2.14. The second kappa shape index (κ2) is 7.03. The van der Waals surface area contributed by atoms with Gasteiger partial charge < -0.3 is 19.6 Å². The van der Waals surface area contributed by atoms with Crippen molar-refractivity contribution in [1.29, 1.82) is 5.26 Å². The number of phenols is 1. The molecule has 3 rings (SSSR count). The number of ether oxygens (including phenoxy) is 2. The summed E-state index contributed by atoms with van der Waals surface area (Å²) in [4.78, 5) is 15.1. The normalized spacial score (nSPS) is 10.2. The van der Waals surface area contributed by atoms with Crippen LogP contribution in [0.2, 0.25) is 0 Å². The van der Waals surface area contributed by atoms with E-state index in [9.17, 15) is 15.2 Å². The highest BCUT2D eigenvalue weighted by molar-refractivity contribution is 5.76. The molecule has 130 valence electrons. The van der Waals surface area contributed by atoms with Crippen molar-refractivity contribution in [2.75, 3.05) is 14.2 Å². The molecule has 0 spiro atoms. The third kappa shape index (κ3) is 3.10. The molecule has 0 amide bonds. The lowest BCUT2D eigenvalue weighted by Gasteiger charge is -2.11. The first-order valence-electron chi connectivity index (χ1n) is 7.76. The Kier molecular flexibility index (Phi) is 4.63. The number of benzene rings is 2. The van der Waals surface area contributed by atoms with Crippen molar-refractivity contribution >= 4 is 0 Å². The van der Waals surface area contributed by atoms with Gasteiger partial charge in [-0.2, -0.15) is 5.26 Å². The highest BCUT2D eigenvalue weighted by atomic mass is 16.5. The maximum absolute atomic E-state index is 12.4. The lowest BCUT2D eigenvalue weighted by Crippen LogP contribution is -2.12. The molecule has 0 atom stereocenters. The first-order valence-corrected chi connectivity index (χ1v) is 7.76. The summed E-state index contributed by atoms with van der Waals surface area (Å²) in [6.45, 7) is 0. The third-order valence-electron chi connectivity index (χ3n) is 4.02. The van der Waals surface area contributed by atoms with E-state index in [4.69, 9.17) is 9.47 Å². The number of nitrogens with one attached hydrogen (secondary N) is 1. The van der Waals surface area contributed by atoms with Crippen LogP contribution in [0.15, 0.2) is 53.3 Å². The van der Waals surface area contributed by atoms with Crippen molar-refractivity contribution in [3.8, 4) is 45.7 Å². The summed E-state index contributed by atoms with van der Waals surface area (Å²) in [7, 11) is 3.08. The molecule has 0 bridgehead atoms. The monoisotopic (exact) mass is 348 g/mol. The summed E-state index contributed by atoms with van der Waals surface area (Å²) >= 11 is 0. The summed E-state index contributed by atoms with van der Waals surface area (Å²) in [6, 6.07) is 15.3. The Morgan fingerprint density at radius 3 is 2.23 bits per heavy atom. The number of hydrogen-bond acceptors (Lipinski definition) is 5. The van der Waals surface area contributed by atoms with Crippen molar-refractivity contribution in [1.82, 2.24) is 4.98 Å². The predicted molar refractivity (Wildman–Crippen MR) is 97.4 cm³/mol. The molecule has 0 saturated carbocycles. The molecule has 0 saturated heterocycles. The molecule has 0 radical (unpaired) electrons. The molecule has 1 aromatic heterocycles. The van der Waals surface area contributed by atoms with E-state index in [2.05, 4.69) is 4.98 Å². The topological polar surface area (TPSA) is 95.3 Å². The summed E-state index contributed by atoms with van der Waals surface area (Å²) in [6.07, 6.45) is 0. The maximum atomic E-state index is 12.4. The number of hydrogen-bond donors (Lipinski definition) is 2. The van der Waals surface area contributed by atoms with Gasteiger partial charge in [0.25, 0.3) is 5.56 Å². The van der Waals surface area contributed by atoms with Crippen LogP contribution < -0.4 is 15.0 Å². The van der Waals surface area contributed by atoms with Crippen molar-refractivity contribution in [2.24, 2.45) is 0 Å². The van der Waals surface area contributed by atoms with Gasteiger partial charge in [0.05, 0.1) is 14.2 Å². The van der Waals surface area contributed by atoms with Gasteiger partial charge in [-0.05, 0) is 42.0 Å². The van der Waals surface area contributed by atoms with E-state index < -0.39 is 5.56 Å². The van der Waals surface area contributed by atoms with Gasteiger partial charge >= 0.3 is 0 Å². The Balaban J connectivity index is 2.20. The average Bonchev–Trinajstić information content (AvgIpc) is 2.67. The second-order valence-electron chi connectivity index (χ2n) is 5.53. The number of aromatic amines is 1. The standard InChI is InChI=1S/C20H16N2O4/c1-25-18-8-5-13(9-19(18)26-2)17-10-15(16(11-21)20(24)22-17)12-3-6-14(23)7-4-12/h3-10,23H,1-2H3,(H,22,24). The van der Waals surface area contributed by atoms with Gasteiger partial charge in [0, 0.05) is 16.8 Å². The molecule has 0 aliphatic heterocycles. The average molecular weight is 348 g/mol. The molecule has 2 aromatic carbocycles. The zero-order valence-electron chi connectivity index (χ0n) is 14.2. The van der Waals surface area contributed by atoms with Crippen molar-refractivity contribution in [3.63, 3.8) is 0 Å². The lowest BCUT2D eigenvalue weighted by atomic mass is 9.99. The van der Waals surface area contributed by atoms with E-state index in [1.165, 1.54) is 19.2 Å². The van der Waals surface area contributed by atoms with Gasteiger partial charge in [0.2, 0.25) is 0 Å². The van der Waals surface area contributed by atoms with Gasteiger partial charge in [-0.3, -0.25) is 4.79 Å². The lowest BCUT2D eigenvalue weighted by molar-refractivity contribution is 0.355. The minimum Gasteiger partial charge on any atom is -0.508 e. The first-order chi connectivity index (χ1) is 12.6. The Morgan fingerprint density at radius 2 is 1.62 bits per heavy atom. The summed E-state index contributed by atoms with van der Waals surface area (Å²) in [5, 5.41) is 18.8. The molecule has 2 N–H and O–H groups in total. The zero-order chi connectivity index (χ0) is 18.7. The second-order valence-corrected chi connectivity index (χ2v) is 5.53. The SMILES string of the molecule is COc1ccc(-c2cc(-c3ccc(O)cc3)c(C#N)c(=O)[nH]2)cc1OC. The van der Waals surface area contributed by atoms with Crippen LogP contribution in [0.25, 0.3) is 22.4 Å². The molecule has 0 fully saturated rings. The maximum Gasteiger partial charge on any atom is 0.266 e. The molecule has 0 aliphatic carbocycles. The van der Waals surface area contributed by atoms with E-state index >= 15 is 0 Å². The molecular formula is C20H16N2O4. The zero-order valence-corrected chi connectivity index (χ0v) is 14.2. The van der Waals surface area contributed by atoms with Crippen LogP contribution in [0.3, 0.4) is 0 Å². The van der Waals surface area contributed by atoms with E-state index in [-0.39, 0.29) is 11.3 Å². The Bertz CT molecular complexity index is 1050. The quantitative estimate of drug-likeness (QED) is 0.754.